The molecular weight excluding hydrogens is 289 g/mol. The van der Waals surface area contributed by atoms with Crippen molar-refractivity contribution in [2.75, 3.05) is 0 Å². The number of aromatic nitrogens is 1. The molecule has 19 heavy (non-hydrogen) atoms. The van der Waals surface area contributed by atoms with Gasteiger partial charge in [-0.05, 0) is 29.8 Å². The van der Waals surface area contributed by atoms with E-state index in [-0.39, 0.29) is 18.0 Å². The summed E-state index contributed by atoms with van der Waals surface area (Å²) in [5, 5.41) is 9.44. The Balaban J connectivity index is 0.00000180. The van der Waals surface area contributed by atoms with Crippen LogP contribution >= 0.6 is 24.0 Å². The van der Waals surface area contributed by atoms with E-state index in [0.29, 0.717) is 11.6 Å². The Labute approximate surface area is 120 Å². The van der Waals surface area contributed by atoms with Gasteiger partial charge in [0.15, 0.2) is 0 Å². The van der Waals surface area contributed by atoms with Crippen LogP contribution in [0.3, 0.4) is 0 Å². The maximum atomic E-state index is 11.8. The van der Waals surface area contributed by atoms with E-state index in [9.17, 15) is 9.59 Å². The molecule has 2 rings (SSSR count). The quantitative estimate of drug-likeness (QED) is 0.948. The van der Waals surface area contributed by atoms with E-state index in [1.54, 1.807) is 24.4 Å². The van der Waals surface area contributed by atoms with E-state index < -0.39 is 11.5 Å². The number of carboxylic acids is 1. The lowest BCUT2D eigenvalue weighted by molar-refractivity contribution is 0.0694. The van der Waals surface area contributed by atoms with Crippen molar-refractivity contribution in [3.63, 3.8) is 0 Å². The molecule has 0 saturated heterocycles. The van der Waals surface area contributed by atoms with Gasteiger partial charge >= 0.3 is 5.97 Å². The number of hydrogen-bond donors (Lipinski definition) is 1. The minimum atomic E-state index is -1.22. The minimum Gasteiger partial charge on any atom is -0.477 e. The summed E-state index contributed by atoms with van der Waals surface area (Å²) < 4.78 is 1.34. The van der Waals surface area contributed by atoms with Gasteiger partial charge in [-0.3, -0.25) is 4.79 Å². The van der Waals surface area contributed by atoms with Gasteiger partial charge in [0, 0.05) is 11.2 Å². The van der Waals surface area contributed by atoms with Crippen LogP contribution in [0.2, 0.25) is 5.02 Å². The highest BCUT2D eigenvalue weighted by Gasteiger charge is 2.10. The van der Waals surface area contributed by atoms with Crippen LogP contribution in [0.4, 0.5) is 0 Å². The molecule has 0 amide bonds. The van der Waals surface area contributed by atoms with Gasteiger partial charge < -0.3 is 9.67 Å². The van der Waals surface area contributed by atoms with Gasteiger partial charge in [-0.2, -0.15) is 0 Å². The lowest BCUT2D eigenvalue weighted by Crippen LogP contribution is -2.25. The zero-order valence-corrected chi connectivity index (χ0v) is 11.3. The number of benzene rings is 1. The van der Waals surface area contributed by atoms with E-state index in [2.05, 4.69) is 0 Å². The average molecular weight is 300 g/mol. The predicted molar refractivity (Wildman–Crippen MR) is 75.5 cm³/mol. The second-order valence-electron chi connectivity index (χ2n) is 3.79. The molecule has 6 heteroatoms. The molecule has 0 atom stereocenters. The van der Waals surface area contributed by atoms with Crippen LogP contribution in [0, 0.1) is 0 Å². The van der Waals surface area contributed by atoms with Crippen molar-refractivity contribution in [3.8, 4) is 0 Å². The molecule has 0 aliphatic carbocycles. The van der Waals surface area contributed by atoms with E-state index in [4.69, 9.17) is 16.7 Å². The first kappa shape index (κ1) is 15.3. The van der Waals surface area contributed by atoms with Gasteiger partial charge in [-0.25, -0.2) is 4.79 Å². The van der Waals surface area contributed by atoms with Gasteiger partial charge in [-0.1, -0.05) is 23.7 Å². The number of halogens is 2. The van der Waals surface area contributed by atoms with Crippen molar-refractivity contribution in [2.24, 2.45) is 0 Å². The summed E-state index contributed by atoms with van der Waals surface area (Å²) in [6.45, 7) is 0.292. The third-order valence-corrected chi connectivity index (χ3v) is 2.73. The molecule has 2 aromatic rings. The number of pyridine rings is 1. The molecule has 0 aliphatic heterocycles. The third-order valence-electron chi connectivity index (χ3n) is 2.49. The Morgan fingerprint density at radius 2 is 2.00 bits per heavy atom. The van der Waals surface area contributed by atoms with Crippen LogP contribution in [-0.4, -0.2) is 15.6 Å². The van der Waals surface area contributed by atoms with Crippen molar-refractivity contribution in [1.29, 1.82) is 0 Å². The summed E-state index contributed by atoms with van der Waals surface area (Å²) in [7, 11) is 0. The fourth-order valence-corrected chi connectivity index (χ4v) is 1.87. The zero-order chi connectivity index (χ0) is 13.1. The highest BCUT2D eigenvalue weighted by molar-refractivity contribution is 6.30. The standard InChI is InChI=1S/C13H10ClNO3.ClH/c14-10-4-1-3-9(7-10)8-15-6-2-5-11(12(15)16)13(17)18;/h1-7H,8H2,(H,17,18);1H. The Hall–Kier alpha value is -1.78. The molecule has 4 nitrogen and oxygen atoms in total. The average Bonchev–Trinajstić information content (AvgIpc) is 2.31. The molecule has 0 spiro atoms. The fourth-order valence-electron chi connectivity index (χ4n) is 1.66. The van der Waals surface area contributed by atoms with Gasteiger partial charge in [0.1, 0.15) is 5.56 Å². The molecular formula is C13H11Cl2NO3. The maximum Gasteiger partial charge on any atom is 0.341 e. The fraction of sp³-hybridized carbons (Fsp3) is 0.0769. The maximum absolute atomic E-state index is 11.8. The highest BCUT2D eigenvalue weighted by Crippen LogP contribution is 2.11. The minimum absolute atomic E-state index is 0. The molecule has 0 fully saturated rings. The smallest absolute Gasteiger partial charge is 0.341 e. The van der Waals surface area contributed by atoms with Crippen molar-refractivity contribution >= 4 is 30.0 Å². The molecule has 1 aromatic heterocycles. The predicted octanol–water partition coefficient (Wildman–Crippen LogP) is 2.67. The van der Waals surface area contributed by atoms with E-state index >= 15 is 0 Å². The SMILES string of the molecule is Cl.O=C(O)c1cccn(Cc2cccc(Cl)c2)c1=O. The van der Waals surface area contributed by atoms with Crippen molar-refractivity contribution in [1.82, 2.24) is 4.57 Å². The monoisotopic (exact) mass is 299 g/mol. The van der Waals surface area contributed by atoms with E-state index in [0.717, 1.165) is 5.56 Å². The number of carboxylic acid groups (broad SMARTS) is 1. The molecule has 100 valence electrons. The summed E-state index contributed by atoms with van der Waals surface area (Å²) in [6.07, 6.45) is 1.55. The number of nitrogens with zero attached hydrogens (tertiary/aromatic N) is 1. The van der Waals surface area contributed by atoms with Crippen LogP contribution in [0.25, 0.3) is 0 Å². The van der Waals surface area contributed by atoms with Crippen LogP contribution in [-0.2, 0) is 6.54 Å². The van der Waals surface area contributed by atoms with Gasteiger partial charge in [0.25, 0.3) is 5.56 Å². The van der Waals surface area contributed by atoms with Gasteiger partial charge in [0.05, 0.1) is 6.54 Å². The summed E-state index contributed by atoms with van der Waals surface area (Å²) in [5.74, 6) is -1.22. The summed E-state index contributed by atoms with van der Waals surface area (Å²) in [4.78, 5) is 22.7. The molecule has 0 bridgehead atoms. The lowest BCUT2D eigenvalue weighted by atomic mass is 10.2. The number of rotatable bonds is 3. The summed E-state index contributed by atoms with van der Waals surface area (Å²) in [5.41, 5.74) is 0.0802. The van der Waals surface area contributed by atoms with E-state index in [1.165, 1.54) is 16.7 Å². The molecule has 0 aliphatic rings. The van der Waals surface area contributed by atoms with Crippen LogP contribution in [0.15, 0.2) is 47.4 Å². The molecule has 1 heterocycles. The topological polar surface area (TPSA) is 59.3 Å². The van der Waals surface area contributed by atoms with Gasteiger partial charge in [-0.15, -0.1) is 12.4 Å². The Morgan fingerprint density at radius 1 is 1.26 bits per heavy atom. The molecule has 0 saturated carbocycles. The normalized spacial score (nSPS) is 9.74. The molecule has 0 radical (unpaired) electrons. The number of aromatic carboxylic acids is 1. The Morgan fingerprint density at radius 3 is 2.63 bits per heavy atom. The number of hydrogen-bond acceptors (Lipinski definition) is 2. The second kappa shape index (κ2) is 6.41. The Bertz CT molecular complexity index is 652. The largest absolute Gasteiger partial charge is 0.477 e. The van der Waals surface area contributed by atoms with E-state index in [1.807, 2.05) is 6.07 Å². The third kappa shape index (κ3) is 3.59. The van der Waals surface area contributed by atoms with Crippen LogP contribution < -0.4 is 5.56 Å². The Kier molecular flexibility index (Phi) is 5.15. The first-order valence-corrected chi connectivity index (χ1v) is 5.63. The highest BCUT2D eigenvalue weighted by atomic mass is 35.5. The lowest BCUT2D eigenvalue weighted by Gasteiger charge is -2.06. The van der Waals surface area contributed by atoms with Crippen molar-refractivity contribution < 1.29 is 9.90 Å². The van der Waals surface area contributed by atoms with Crippen molar-refractivity contribution in [3.05, 3.63) is 69.1 Å². The molecule has 1 N–H and O–H groups in total. The summed E-state index contributed by atoms with van der Waals surface area (Å²) in [6, 6.07) is 9.91. The van der Waals surface area contributed by atoms with Crippen LogP contribution in [0.5, 0.6) is 0 Å². The first-order chi connectivity index (χ1) is 8.58. The second-order valence-corrected chi connectivity index (χ2v) is 4.23. The molecule has 0 unspecified atom stereocenters. The van der Waals surface area contributed by atoms with Crippen molar-refractivity contribution in [2.45, 2.75) is 6.54 Å². The zero-order valence-electron chi connectivity index (χ0n) is 9.75. The van der Waals surface area contributed by atoms with Gasteiger partial charge in [0.2, 0.25) is 0 Å². The summed E-state index contributed by atoms with van der Waals surface area (Å²) >= 11 is 5.85. The first-order valence-electron chi connectivity index (χ1n) is 5.25. The number of carbonyl (C=O) groups is 1. The van der Waals surface area contributed by atoms with Crippen LogP contribution in [0.1, 0.15) is 15.9 Å². The molecule has 1 aromatic carbocycles.